The molecule has 0 fully saturated rings. The standard InChI is InChI=1S/C5H11NO.C3H8O.2C3H8.C2H5NO/c1-4-6(3)5(2)7;1-3-4-2;2*1-3-2;1-2(3)4/h4H2,1-3H3;3H2,1-2H3;2*3H2,1-2H3;1H3,(H2,3,4). The van der Waals surface area contributed by atoms with E-state index in [1.54, 1.807) is 26.0 Å². The van der Waals surface area contributed by atoms with Crippen LogP contribution in [0.2, 0.25) is 0 Å². The summed E-state index contributed by atoms with van der Waals surface area (Å²) in [7, 11) is 3.46. The summed E-state index contributed by atoms with van der Waals surface area (Å²) in [5, 5.41) is 0. The maximum Gasteiger partial charge on any atom is 0.219 e. The molecule has 2 N–H and O–H groups in total. The molecule has 2 amide bonds. The molecule has 0 radical (unpaired) electrons. The van der Waals surface area contributed by atoms with Gasteiger partial charge in [-0.25, -0.2) is 0 Å². The average molecular weight is 309 g/mol. The zero-order valence-electron chi connectivity index (χ0n) is 16.1. The van der Waals surface area contributed by atoms with Crippen LogP contribution in [-0.4, -0.2) is 44.0 Å². The molecule has 0 unspecified atom stereocenters. The smallest absolute Gasteiger partial charge is 0.219 e. The molecule has 0 aliphatic heterocycles. The van der Waals surface area contributed by atoms with Crippen LogP contribution in [0.4, 0.5) is 0 Å². The molecule has 21 heavy (non-hydrogen) atoms. The maximum absolute atomic E-state index is 10.3. The van der Waals surface area contributed by atoms with Crippen LogP contribution in [0.25, 0.3) is 0 Å². The number of primary amides is 1. The van der Waals surface area contributed by atoms with Gasteiger partial charge in [0.25, 0.3) is 0 Å². The van der Waals surface area contributed by atoms with E-state index < -0.39 is 0 Å². The summed E-state index contributed by atoms with van der Waals surface area (Å²) in [6.45, 7) is 16.9. The first kappa shape index (κ1) is 32.0. The minimum atomic E-state index is -0.333. The second-order valence-electron chi connectivity index (χ2n) is 4.14. The third-order valence-electron chi connectivity index (χ3n) is 1.30. The third-order valence-corrected chi connectivity index (χ3v) is 1.30. The predicted molar refractivity (Wildman–Crippen MR) is 93.3 cm³/mol. The van der Waals surface area contributed by atoms with Crippen molar-refractivity contribution < 1.29 is 14.3 Å². The van der Waals surface area contributed by atoms with Crippen LogP contribution in [-0.2, 0) is 14.3 Å². The van der Waals surface area contributed by atoms with Crippen LogP contribution in [0, 0.1) is 0 Å². The molecule has 0 rings (SSSR count). The van der Waals surface area contributed by atoms with Crippen molar-refractivity contribution in [2.45, 2.75) is 68.2 Å². The molecule has 0 atom stereocenters. The maximum atomic E-state index is 10.3. The zero-order valence-corrected chi connectivity index (χ0v) is 16.1. The number of amides is 2. The average Bonchev–Trinajstić information content (AvgIpc) is 2.39. The highest BCUT2D eigenvalue weighted by Gasteiger charge is 1.93. The highest BCUT2D eigenvalue weighted by Crippen LogP contribution is 1.78. The normalized spacial score (nSPS) is 7.14. The van der Waals surface area contributed by atoms with Gasteiger partial charge < -0.3 is 15.4 Å². The monoisotopic (exact) mass is 308 g/mol. The predicted octanol–water partition coefficient (Wildman–Crippen LogP) is 3.46. The molecule has 0 aliphatic carbocycles. The molecule has 0 saturated heterocycles. The summed E-state index contributed by atoms with van der Waals surface area (Å²) in [5.74, 6) is -0.206. The highest BCUT2D eigenvalue weighted by molar-refractivity contribution is 5.72. The quantitative estimate of drug-likeness (QED) is 0.849. The van der Waals surface area contributed by atoms with Crippen LogP contribution in [0.1, 0.15) is 68.2 Å². The van der Waals surface area contributed by atoms with Crippen molar-refractivity contribution in [2.75, 3.05) is 27.3 Å². The number of ether oxygens (including phenoxy) is 1. The van der Waals surface area contributed by atoms with Crippen molar-refractivity contribution in [3.05, 3.63) is 0 Å². The second kappa shape index (κ2) is 36.4. The van der Waals surface area contributed by atoms with Gasteiger partial charge in [0.2, 0.25) is 11.8 Å². The van der Waals surface area contributed by atoms with E-state index in [0.717, 1.165) is 13.2 Å². The summed E-state index contributed by atoms with van der Waals surface area (Å²) in [6, 6.07) is 0. The highest BCUT2D eigenvalue weighted by atomic mass is 16.5. The molecule has 0 bridgehead atoms. The van der Waals surface area contributed by atoms with E-state index in [1.165, 1.54) is 19.8 Å². The Morgan fingerprint density at radius 3 is 1.14 bits per heavy atom. The summed E-state index contributed by atoms with van der Waals surface area (Å²) < 4.78 is 4.54. The fraction of sp³-hybridized carbons (Fsp3) is 0.875. The minimum Gasteiger partial charge on any atom is -0.385 e. The Morgan fingerprint density at radius 1 is 0.952 bits per heavy atom. The molecule has 0 spiro atoms. The molecule has 0 aromatic heterocycles. The molecule has 0 heterocycles. The molecular weight excluding hydrogens is 268 g/mol. The third kappa shape index (κ3) is 155. The van der Waals surface area contributed by atoms with E-state index in [1.807, 2.05) is 13.8 Å². The van der Waals surface area contributed by atoms with Crippen LogP contribution in [0.3, 0.4) is 0 Å². The molecule has 5 nitrogen and oxygen atoms in total. The Balaban J connectivity index is -0.0000000535. The first-order chi connectivity index (χ1) is 9.66. The lowest BCUT2D eigenvalue weighted by atomic mass is 10.6. The van der Waals surface area contributed by atoms with Crippen molar-refractivity contribution in [1.29, 1.82) is 0 Å². The first-order valence-electron chi connectivity index (χ1n) is 7.62. The topological polar surface area (TPSA) is 72.6 Å². The second-order valence-corrected chi connectivity index (χ2v) is 4.14. The van der Waals surface area contributed by atoms with Crippen molar-refractivity contribution in [2.24, 2.45) is 5.73 Å². The van der Waals surface area contributed by atoms with Gasteiger partial charge >= 0.3 is 0 Å². The minimum absolute atomic E-state index is 0.127. The Morgan fingerprint density at radius 2 is 1.14 bits per heavy atom. The lowest BCUT2D eigenvalue weighted by Crippen LogP contribution is -2.22. The van der Waals surface area contributed by atoms with Gasteiger partial charge in [0.1, 0.15) is 0 Å². The number of rotatable bonds is 2. The number of nitrogens with two attached hydrogens (primary N) is 1. The van der Waals surface area contributed by atoms with Crippen molar-refractivity contribution in [3.63, 3.8) is 0 Å². The number of nitrogens with zero attached hydrogens (tertiary/aromatic N) is 1. The summed E-state index contributed by atoms with van der Waals surface area (Å²) in [6.07, 6.45) is 2.50. The van der Waals surface area contributed by atoms with E-state index in [-0.39, 0.29) is 11.8 Å². The van der Waals surface area contributed by atoms with E-state index in [2.05, 4.69) is 38.2 Å². The van der Waals surface area contributed by atoms with Crippen molar-refractivity contribution in [3.8, 4) is 0 Å². The Labute approximate surface area is 133 Å². The van der Waals surface area contributed by atoms with E-state index >= 15 is 0 Å². The molecule has 0 aromatic rings. The molecular formula is C16H40N2O3. The number of carbonyl (C=O) groups is 2. The SMILES string of the molecule is CC(N)=O.CCC.CCC.CCN(C)C(C)=O.CCOC. The van der Waals surface area contributed by atoms with Crippen LogP contribution in [0.15, 0.2) is 0 Å². The van der Waals surface area contributed by atoms with Crippen LogP contribution in [0.5, 0.6) is 0 Å². The number of carbonyl (C=O) groups excluding carboxylic acids is 2. The van der Waals surface area contributed by atoms with Crippen molar-refractivity contribution >= 4 is 11.8 Å². The van der Waals surface area contributed by atoms with Gasteiger partial charge in [-0.1, -0.05) is 40.5 Å². The van der Waals surface area contributed by atoms with Crippen molar-refractivity contribution in [1.82, 2.24) is 4.90 Å². The van der Waals surface area contributed by atoms with Crippen LogP contribution < -0.4 is 5.73 Å². The zero-order chi connectivity index (χ0) is 18.3. The first-order valence-corrected chi connectivity index (χ1v) is 7.62. The molecule has 0 aliphatic rings. The number of hydrogen-bond acceptors (Lipinski definition) is 3. The van der Waals surface area contributed by atoms with Gasteiger partial charge in [-0.2, -0.15) is 0 Å². The summed E-state index contributed by atoms with van der Waals surface area (Å²) in [4.78, 5) is 21.2. The fourth-order valence-electron chi connectivity index (χ4n) is 0.223. The Kier molecular flexibility index (Phi) is 55.5. The number of hydrogen-bond donors (Lipinski definition) is 1. The lowest BCUT2D eigenvalue weighted by Gasteiger charge is -2.09. The Bertz CT molecular complexity index is 178. The van der Waals surface area contributed by atoms with Gasteiger partial charge in [0.05, 0.1) is 0 Å². The van der Waals surface area contributed by atoms with Gasteiger partial charge in [-0.15, -0.1) is 0 Å². The fourth-order valence-corrected chi connectivity index (χ4v) is 0.223. The van der Waals surface area contributed by atoms with E-state index in [4.69, 9.17) is 0 Å². The molecule has 0 aromatic carbocycles. The number of methoxy groups -OCH3 is 1. The van der Waals surface area contributed by atoms with Gasteiger partial charge in [0, 0.05) is 41.2 Å². The van der Waals surface area contributed by atoms with E-state index in [9.17, 15) is 9.59 Å². The summed E-state index contributed by atoms with van der Waals surface area (Å²) >= 11 is 0. The molecule has 0 saturated carbocycles. The summed E-state index contributed by atoms with van der Waals surface area (Å²) in [5.41, 5.74) is 4.47. The van der Waals surface area contributed by atoms with Gasteiger partial charge in [0.15, 0.2) is 0 Å². The van der Waals surface area contributed by atoms with Crippen LogP contribution >= 0.6 is 0 Å². The molecule has 132 valence electrons. The van der Waals surface area contributed by atoms with Gasteiger partial charge in [-0.3, -0.25) is 9.59 Å². The largest absolute Gasteiger partial charge is 0.385 e. The lowest BCUT2D eigenvalue weighted by molar-refractivity contribution is -0.127. The van der Waals surface area contributed by atoms with Gasteiger partial charge in [-0.05, 0) is 13.8 Å². The Hall–Kier alpha value is -1.10. The van der Waals surface area contributed by atoms with E-state index in [0.29, 0.717) is 0 Å². The molecule has 5 heteroatoms.